The Bertz CT molecular complexity index is 3200. The Morgan fingerprint density at radius 1 is 0.861 bits per heavy atom. The summed E-state index contributed by atoms with van der Waals surface area (Å²) in [6.07, 6.45) is 10.6. The summed E-state index contributed by atoms with van der Waals surface area (Å²) in [6.45, 7) is 6.24. The molecule has 4 aromatic carbocycles. The van der Waals surface area contributed by atoms with E-state index in [-0.39, 0.29) is 29.5 Å². The predicted octanol–water partition coefficient (Wildman–Crippen LogP) is 10.2. The van der Waals surface area contributed by atoms with Crippen LogP contribution in [0.25, 0.3) is 32.2 Å². The zero-order valence-corrected chi connectivity index (χ0v) is 41.7. The quantitative estimate of drug-likeness (QED) is 0.0700. The van der Waals surface area contributed by atoms with Gasteiger partial charge in [0.1, 0.15) is 11.6 Å². The lowest BCUT2D eigenvalue weighted by atomic mass is 9.84. The average Bonchev–Trinajstić information content (AvgIpc) is 4.13. The number of thiazole rings is 1. The second kappa shape index (κ2) is 20.3. The van der Waals surface area contributed by atoms with Gasteiger partial charge in [-0.25, -0.2) is 14.8 Å². The van der Waals surface area contributed by atoms with Gasteiger partial charge in [-0.2, -0.15) is 5.10 Å². The molecule has 15 heteroatoms. The van der Waals surface area contributed by atoms with E-state index in [4.69, 9.17) is 14.8 Å². The van der Waals surface area contributed by atoms with E-state index in [1.165, 1.54) is 36.2 Å². The molecule has 0 bridgehead atoms. The van der Waals surface area contributed by atoms with Crippen LogP contribution in [0.4, 0.5) is 10.9 Å². The maximum Gasteiger partial charge on any atom is 0.355 e. The molecule has 6 heterocycles. The number of aromatic nitrogens is 4. The largest absolute Gasteiger partial charge is 0.490 e. The van der Waals surface area contributed by atoms with Crippen molar-refractivity contribution in [1.29, 1.82) is 0 Å². The first kappa shape index (κ1) is 47.4. The zero-order chi connectivity index (χ0) is 49.5. The molecule has 4 aliphatic rings. The molecule has 0 spiro atoms. The zero-order valence-electron chi connectivity index (χ0n) is 40.9. The maximum absolute atomic E-state index is 13.7. The number of piperidine rings is 1. The van der Waals surface area contributed by atoms with E-state index in [1.54, 1.807) is 0 Å². The fourth-order valence-electron chi connectivity index (χ4n) is 11.8. The summed E-state index contributed by atoms with van der Waals surface area (Å²) in [5.74, 6) is 0.238. The summed E-state index contributed by atoms with van der Waals surface area (Å²) < 4.78 is 9.63. The average molecular weight is 985 g/mol. The monoisotopic (exact) mass is 984 g/mol. The molecule has 11 rings (SSSR count). The van der Waals surface area contributed by atoms with Crippen molar-refractivity contribution in [2.45, 2.75) is 102 Å². The number of nitrogens with zero attached hydrogens (tertiary/aromatic N) is 6. The van der Waals surface area contributed by atoms with Crippen LogP contribution in [0.5, 0.6) is 5.75 Å². The van der Waals surface area contributed by atoms with Gasteiger partial charge in [0.25, 0.3) is 5.91 Å². The van der Waals surface area contributed by atoms with Crippen LogP contribution in [0.3, 0.4) is 0 Å². The molecule has 1 unspecified atom stereocenters. The van der Waals surface area contributed by atoms with E-state index in [0.29, 0.717) is 66.3 Å². The first-order valence-electron chi connectivity index (χ1n) is 25.6. The number of carboxylic acids is 1. The van der Waals surface area contributed by atoms with Crippen molar-refractivity contribution in [1.82, 2.24) is 30.0 Å². The van der Waals surface area contributed by atoms with Gasteiger partial charge in [-0.1, -0.05) is 78.8 Å². The molecule has 1 saturated carbocycles. The standard InChI is InChI=1S/C57H60N8O6S/c1-34-39(41-23-25-49(59-52(41)56(69)70)65-31-28-36-11-7-14-42(45(36)33-65)54(67)61-57-58-46-16-3-4-18-48(46)72-57)12-9-17-47(34)71-38-21-19-35(20-22-38)10-5-6-29-64-30-27-37(32-64)40-13-8-15-43-51(62-63(2)53(40)43)44-24-26-50(66)60-55(44)68/h3-4,7-9,11-18,23,25,35,37-38,44H,5-6,10,19-22,24,26-33H2,1-2H3,(H,69,70)(H,58,61,67)(H,60,66,68)/t35?,37-,38?,44?/m0/s1. The van der Waals surface area contributed by atoms with Crippen molar-refractivity contribution in [3.8, 4) is 16.9 Å². The van der Waals surface area contributed by atoms with Crippen LogP contribution >= 0.6 is 11.3 Å². The Morgan fingerprint density at radius 3 is 2.53 bits per heavy atom. The molecule has 2 saturated heterocycles. The molecule has 72 heavy (non-hydrogen) atoms. The van der Waals surface area contributed by atoms with E-state index >= 15 is 0 Å². The van der Waals surface area contributed by atoms with Crippen LogP contribution < -0.4 is 20.3 Å². The Labute approximate surface area is 422 Å². The minimum Gasteiger partial charge on any atom is -0.490 e. The summed E-state index contributed by atoms with van der Waals surface area (Å²) in [4.78, 5) is 65.1. The van der Waals surface area contributed by atoms with Crippen molar-refractivity contribution in [3.63, 3.8) is 0 Å². The van der Waals surface area contributed by atoms with Crippen molar-refractivity contribution in [3.05, 3.63) is 130 Å². The number of aromatic carboxylic acids is 1. The third-order valence-corrected chi connectivity index (χ3v) is 16.6. The van der Waals surface area contributed by atoms with Crippen LogP contribution in [0.15, 0.2) is 91.0 Å². The third-order valence-electron chi connectivity index (χ3n) is 15.6. The number of imide groups is 1. The van der Waals surface area contributed by atoms with Gasteiger partial charge in [0, 0.05) is 49.6 Å². The summed E-state index contributed by atoms with van der Waals surface area (Å²) in [5.41, 5.74) is 8.77. The van der Waals surface area contributed by atoms with E-state index in [2.05, 4.69) is 43.6 Å². The van der Waals surface area contributed by atoms with Crippen LogP contribution in [-0.2, 0) is 29.6 Å². The number of aryl methyl sites for hydroxylation is 1. The molecule has 3 aromatic heterocycles. The van der Waals surface area contributed by atoms with Crippen LogP contribution in [0.2, 0.25) is 0 Å². The Kier molecular flexibility index (Phi) is 13.3. The van der Waals surface area contributed by atoms with Crippen molar-refractivity contribution < 1.29 is 29.0 Å². The van der Waals surface area contributed by atoms with Gasteiger partial charge >= 0.3 is 5.97 Å². The number of ether oxygens (including phenoxy) is 1. The number of fused-ring (bicyclic) bond motifs is 3. The molecular formula is C57H60N8O6S. The molecule has 2 atom stereocenters. The van der Waals surface area contributed by atoms with Crippen molar-refractivity contribution >= 4 is 67.1 Å². The molecular weight excluding hydrogens is 925 g/mol. The lowest BCUT2D eigenvalue weighted by Gasteiger charge is -2.31. The summed E-state index contributed by atoms with van der Waals surface area (Å²) in [6, 6.07) is 29.6. The van der Waals surface area contributed by atoms with Crippen LogP contribution in [-0.4, -0.2) is 85.7 Å². The van der Waals surface area contributed by atoms with E-state index in [9.17, 15) is 24.3 Å². The topological polar surface area (TPSA) is 172 Å². The highest BCUT2D eigenvalue weighted by Gasteiger charge is 2.34. The molecule has 14 nitrogen and oxygen atoms in total. The van der Waals surface area contributed by atoms with Gasteiger partial charge in [0.15, 0.2) is 10.8 Å². The summed E-state index contributed by atoms with van der Waals surface area (Å²) in [5, 5.41) is 22.4. The lowest BCUT2D eigenvalue weighted by molar-refractivity contribution is -0.134. The fourth-order valence-corrected chi connectivity index (χ4v) is 12.7. The second-order valence-corrected chi connectivity index (χ2v) is 21.2. The Morgan fingerprint density at radius 2 is 1.69 bits per heavy atom. The molecule has 3 fully saturated rings. The Hall–Kier alpha value is -6.97. The lowest BCUT2D eigenvalue weighted by Crippen LogP contribution is -2.39. The highest BCUT2D eigenvalue weighted by Crippen LogP contribution is 2.39. The smallest absolute Gasteiger partial charge is 0.355 e. The molecule has 370 valence electrons. The third kappa shape index (κ3) is 9.59. The first-order valence-corrected chi connectivity index (χ1v) is 26.4. The number of carbonyl (C=O) groups is 4. The summed E-state index contributed by atoms with van der Waals surface area (Å²) >= 11 is 1.44. The van der Waals surface area contributed by atoms with E-state index in [1.807, 2.05) is 91.4 Å². The normalized spacial score (nSPS) is 20.4. The van der Waals surface area contributed by atoms with Gasteiger partial charge in [0.2, 0.25) is 11.8 Å². The number of carboxylic acid groups (broad SMARTS) is 1. The van der Waals surface area contributed by atoms with Crippen LogP contribution in [0.1, 0.15) is 125 Å². The number of hydrogen-bond acceptors (Lipinski definition) is 11. The van der Waals surface area contributed by atoms with Gasteiger partial charge in [0.05, 0.1) is 33.4 Å². The SMILES string of the molecule is Cc1c(OC2CCC(CCCCN3CC[C@H](c4cccc5c(C6CCC(=O)NC6=O)nn(C)c45)C3)CC2)cccc1-c1ccc(N2CCc3cccc(C(=O)Nc4nc5ccccc5s4)c3C2)nc1C(=O)O. The van der Waals surface area contributed by atoms with E-state index < -0.39 is 11.9 Å². The number of rotatable bonds is 14. The number of hydrogen-bond donors (Lipinski definition) is 3. The van der Waals surface area contributed by atoms with Gasteiger partial charge in [-0.05, 0) is 147 Å². The molecule has 1 aliphatic carbocycles. The number of likely N-dealkylation sites (tertiary alicyclic amines) is 1. The minimum absolute atomic E-state index is 0.0186. The molecule has 3 amide bonds. The number of para-hydroxylation sites is 2. The Balaban J connectivity index is 0.670. The fraction of sp³-hybridized carbons (Fsp3) is 0.386. The predicted molar refractivity (Wildman–Crippen MR) is 280 cm³/mol. The number of amides is 3. The van der Waals surface area contributed by atoms with Gasteiger partial charge in [-0.3, -0.25) is 29.7 Å². The van der Waals surface area contributed by atoms with Crippen molar-refractivity contribution in [2.75, 3.05) is 36.4 Å². The van der Waals surface area contributed by atoms with E-state index in [0.717, 1.165) is 107 Å². The van der Waals surface area contributed by atoms with Crippen LogP contribution in [0, 0.1) is 12.8 Å². The molecule has 7 aromatic rings. The first-order chi connectivity index (χ1) is 35.0. The second-order valence-electron chi connectivity index (χ2n) is 20.2. The highest BCUT2D eigenvalue weighted by molar-refractivity contribution is 7.22. The molecule has 3 aliphatic heterocycles. The number of unbranched alkanes of at least 4 members (excludes halogenated alkanes) is 1. The summed E-state index contributed by atoms with van der Waals surface area (Å²) in [7, 11) is 1.96. The molecule has 0 radical (unpaired) electrons. The van der Waals surface area contributed by atoms with Gasteiger partial charge in [-0.15, -0.1) is 0 Å². The molecule has 3 N–H and O–H groups in total. The number of carbonyl (C=O) groups excluding carboxylic acids is 3. The number of anilines is 2. The number of nitrogens with one attached hydrogen (secondary N) is 2. The van der Waals surface area contributed by atoms with Crippen molar-refractivity contribution in [2.24, 2.45) is 13.0 Å². The maximum atomic E-state index is 13.7. The number of pyridine rings is 1. The minimum atomic E-state index is -1.10. The highest BCUT2D eigenvalue weighted by atomic mass is 32.1. The number of benzene rings is 4. The van der Waals surface area contributed by atoms with Gasteiger partial charge < -0.3 is 19.6 Å².